The van der Waals surface area contributed by atoms with Crippen LogP contribution in [0.15, 0.2) is 96.4 Å². The van der Waals surface area contributed by atoms with Crippen molar-refractivity contribution in [2.45, 2.75) is 19.4 Å². The van der Waals surface area contributed by atoms with Gasteiger partial charge in [-0.05, 0) is 71.3 Å². The van der Waals surface area contributed by atoms with E-state index in [0.717, 1.165) is 56.0 Å². The number of nitrogens with zero attached hydrogens (tertiary/aromatic N) is 5. The van der Waals surface area contributed by atoms with Gasteiger partial charge in [-0.1, -0.05) is 47.6 Å². The van der Waals surface area contributed by atoms with E-state index in [9.17, 15) is 0 Å². The van der Waals surface area contributed by atoms with Crippen molar-refractivity contribution in [1.82, 2.24) is 19.6 Å². The Balaban J connectivity index is 1.29. The molecular formula is C33H27N5O4. The summed E-state index contributed by atoms with van der Waals surface area (Å²) < 4.78 is 18.7. The molecule has 0 saturated heterocycles. The Morgan fingerprint density at radius 1 is 0.881 bits per heavy atom. The highest BCUT2D eigenvalue weighted by Crippen LogP contribution is 2.50. The van der Waals surface area contributed by atoms with Gasteiger partial charge in [0.05, 0.1) is 25.5 Å². The maximum atomic E-state index is 6.40. The Morgan fingerprint density at radius 3 is 2.38 bits per heavy atom. The molecule has 1 atom stereocenters. The topological polar surface area (TPSA) is 92.4 Å². The van der Waals surface area contributed by atoms with Crippen molar-refractivity contribution in [2.24, 2.45) is 5.16 Å². The fourth-order valence-corrected chi connectivity index (χ4v) is 5.41. The first kappa shape index (κ1) is 25.5. The third-order valence-corrected chi connectivity index (χ3v) is 7.50. The molecule has 3 heterocycles. The molecule has 0 aliphatic carbocycles. The molecule has 208 valence electrons. The van der Waals surface area contributed by atoms with E-state index in [1.54, 1.807) is 25.1 Å². The Hall–Kier alpha value is -5.44. The van der Waals surface area contributed by atoms with Gasteiger partial charge in [-0.3, -0.25) is 0 Å². The van der Waals surface area contributed by atoms with E-state index in [1.165, 1.54) is 0 Å². The number of hydrogen-bond acceptors (Lipinski definition) is 8. The van der Waals surface area contributed by atoms with E-state index in [4.69, 9.17) is 24.0 Å². The second-order valence-corrected chi connectivity index (χ2v) is 9.94. The van der Waals surface area contributed by atoms with Crippen molar-refractivity contribution >= 4 is 22.1 Å². The summed E-state index contributed by atoms with van der Waals surface area (Å²) >= 11 is 0. The van der Waals surface area contributed by atoms with E-state index in [1.807, 2.05) is 61.5 Å². The molecule has 9 heteroatoms. The summed E-state index contributed by atoms with van der Waals surface area (Å²) in [4.78, 5) is 15.2. The molecule has 1 aliphatic heterocycles. The van der Waals surface area contributed by atoms with Gasteiger partial charge >= 0.3 is 0 Å². The van der Waals surface area contributed by atoms with Crippen molar-refractivity contribution < 1.29 is 19.0 Å². The molecule has 4 aromatic carbocycles. The molecular weight excluding hydrogens is 530 g/mol. The van der Waals surface area contributed by atoms with Crippen LogP contribution in [0.4, 0.5) is 0 Å². The molecule has 0 bridgehead atoms. The molecule has 6 aromatic rings. The number of methoxy groups -OCH3 is 2. The highest BCUT2D eigenvalue weighted by molar-refractivity contribution is 5.98. The first-order valence-corrected chi connectivity index (χ1v) is 13.5. The number of rotatable bonds is 7. The van der Waals surface area contributed by atoms with Gasteiger partial charge in [0, 0.05) is 11.5 Å². The van der Waals surface area contributed by atoms with Gasteiger partial charge in [0.1, 0.15) is 23.6 Å². The van der Waals surface area contributed by atoms with Crippen LogP contribution in [0.3, 0.4) is 0 Å². The van der Waals surface area contributed by atoms with Crippen molar-refractivity contribution in [3.8, 4) is 23.1 Å². The van der Waals surface area contributed by atoms with E-state index >= 15 is 0 Å². The smallest absolute Gasteiger partial charge is 0.228 e. The van der Waals surface area contributed by atoms with Crippen molar-refractivity contribution in [3.63, 3.8) is 0 Å². The molecule has 1 aliphatic rings. The van der Waals surface area contributed by atoms with Gasteiger partial charge in [-0.15, -0.1) is 5.10 Å². The molecule has 0 fully saturated rings. The van der Waals surface area contributed by atoms with E-state index in [-0.39, 0.29) is 12.5 Å². The zero-order valence-corrected chi connectivity index (χ0v) is 23.3. The maximum Gasteiger partial charge on any atom is 0.228 e. The average Bonchev–Trinajstić information content (AvgIpc) is 3.47. The molecule has 7 rings (SSSR count). The Kier molecular flexibility index (Phi) is 6.39. The minimum atomic E-state index is -0.203. The van der Waals surface area contributed by atoms with Crippen LogP contribution in [0.5, 0.6) is 23.1 Å². The molecule has 0 saturated carbocycles. The zero-order chi connectivity index (χ0) is 28.6. The number of fused-ring (bicyclic) bond motifs is 6. The van der Waals surface area contributed by atoms with Crippen LogP contribution in [-0.4, -0.2) is 39.5 Å². The number of hydrogen-bond donors (Lipinski definition) is 0. The Morgan fingerprint density at radius 2 is 1.62 bits per heavy atom. The second kappa shape index (κ2) is 10.5. The van der Waals surface area contributed by atoms with E-state index < -0.39 is 0 Å². The van der Waals surface area contributed by atoms with Gasteiger partial charge in [0.2, 0.25) is 5.88 Å². The fraction of sp³-hybridized carbons (Fsp3) is 0.152. The van der Waals surface area contributed by atoms with Gasteiger partial charge in [0.15, 0.2) is 18.1 Å². The van der Waals surface area contributed by atoms with Crippen molar-refractivity contribution in [3.05, 3.63) is 119 Å². The van der Waals surface area contributed by atoms with Gasteiger partial charge in [-0.25, -0.2) is 14.5 Å². The summed E-state index contributed by atoms with van der Waals surface area (Å²) in [5.41, 5.74) is 5.27. The summed E-state index contributed by atoms with van der Waals surface area (Å²) in [5.74, 6) is 3.11. The molecule has 1 unspecified atom stereocenters. The standard InChI is InChI=1S/C33H27N5O4/c1-20(21-8-13-24(39-2)14-9-21)37-41-18-28-35-32-31-29(23-10-15-25(40-3)16-11-23)30-26-7-5-4-6-22(26)12-17-27(30)42-33(31)34-19-38(32)36-28/h4-17,19,29H,18H2,1-3H3/b37-20+. The summed E-state index contributed by atoms with van der Waals surface area (Å²) in [5, 5.41) is 11.2. The third kappa shape index (κ3) is 4.45. The molecule has 0 amide bonds. The van der Waals surface area contributed by atoms with Crippen LogP contribution >= 0.6 is 0 Å². The number of oxime groups is 1. The third-order valence-electron chi connectivity index (χ3n) is 7.50. The van der Waals surface area contributed by atoms with Gasteiger partial charge in [-0.2, -0.15) is 0 Å². The van der Waals surface area contributed by atoms with E-state index in [0.29, 0.717) is 17.4 Å². The van der Waals surface area contributed by atoms with Crippen molar-refractivity contribution in [2.75, 3.05) is 14.2 Å². The maximum absolute atomic E-state index is 6.40. The Labute approximate surface area is 242 Å². The summed E-state index contributed by atoms with van der Waals surface area (Å²) in [6.45, 7) is 1.98. The van der Waals surface area contributed by atoms with Crippen molar-refractivity contribution in [1.29, 1.82) is 0 Å². The lowest BCUT2D eigenvalue weighted by Gasteiger charge is -2.29. The van der Waals surface area contributed by atoms with Crippen LogP contribution < -0.4 is 14.2 Å². The zero-order valence-electron chi connectivity index (χ0n) is 23.3. The van der Waals surface area contributed by atoms with Gasteiger partial charge < -0.3 is 19.0 Å². The van der Waals surface area contributed by atoms with Crippen LogP contribution in [0.25, 0.3) is 16.4 Å². The summed E-state index contributed by atoms with van der Waals surface area (Å²) in [6, 6.07) is 28.1. The number of benzene rings is 4. The summed E-state index contributed by atoms with van der Waals surface area (Å²) in [7, 11) is 3.30. The lowest BCUT2D eigenvalue weighted by molar-refractivity contribution is 0.125. The lowest BCUT2D eigenvalue weighted by Crippen LogP contribution is -2.15. The van der Waals surface area contributed by atoms with E-state index in [2.05, 4.69) is 45.6 Å². The molecule has 42 heavy (non-hydrogen) atoms. The molecule has 9 nitrogen and oxygen atoms in total. The molecule has 0 radical (unpaired) electrons. The van der Waals surface area contributed by atoms with Crippen LogP contribution in [0.1, 0.15) is 40.9 Å². The quantitative estimate of drug-likeness (QED) is 0.163. The predicted molar refractivity (Wildman–Crippen MR) is 159 cm³/mol. The first-order valence-electron chi connectivity index (χ1n) is 13.5. The summed E-state index contributed by atoms with van der Waals surface area (Å²) in [6.07, 6.45) is 1.62. The van der Waals surface area contributed by atoms with Crippen LogP contribution in [0, 0.1) is 0 Å². The second-order valence-electron chi connectivity index (χ2n) is 9.94. The van der Waals surface area contributed by atoms with Crippen LogP contribution in [-0.2, 0) is 11.4 Å². The number of aromatic nitrogens is 4. The minimum absolute atomic E-state index is 0.0948. The van der Waals surface area contributed by atoms with Gasteiger partial charge in [0.25, 0.3) is 0 Å². The monoisotopic (exact) mass is 557 g/mol. The highest BCUT2D eigenvalue weighted by Gasteiger charge is 2.34. The minimum Gasteiger partial charge on any atom is -0.497 e. The molecule has 2 aromatic heterocycles. The molecule has 0 N–H and O–H groups in total. The fourth-order valence-electron chi connectivity index (χ4n) is 5.41. The lowest BCUT2D eigenvalue weighted by atomic mass is 9.81. The Bertz CT molecular complexity index is 1950. The highest BCUT2D eigenvalue weighted by atomic mass is 16.6. The predicted octanol–water partition coefficient (Wildman–Crippen LogP) is 6.52. The molecule has 0 spiro atoms. The number of ether oxygens (including phenoxy) is 3. The normalized spacial score (nSPS) is 14.3. The largest absolute Gasteiger partial charge is 0.497 e. The first-order chi connectivity index (χ1) is 20.6. The average molecular weight is 558 g/mol. The SMILES string of the molecule is COc1ccc(/C(C)=N/OCc2nc3c4c(ncn3n2)Oc2ccc3ccccc3c2C4c2ccc(OC)cc2)cc1. The van der Waals surface area contributed by atoms with Crippen LogP contribution in [0.2, 0.25) is 0 Å².